The van der Waals surface area contributed by atoms with Gasteiger partial charge < -0.3 is 5.11 Å². The second kappa shape index (κ2) is 10.5. The van der Waals surface area contributed by atoms with Crippen LogP contribution in [0.15, 0.2) is 83.0 Å². The van der Waals surface area contributed by atoms with E-state index < -0.39 is 35.2 Å². The fraction of sp³-hybridized carbons (Fsp3) is 0.371. The molecule has 0 saturated carbocycles. The number of imide groups is 1. The molecule has 2 aromatic carbocycles. The van der Waals surface area contributed by atoms with Crippen LogP contribution in [0.3, 0.4) is 0 Å². The summed E-state index contributed by atoms with van der Waals surface area (Å²) >= 11 is 0. The topological polar surface area (TPSA) is 95.0 Å². The van der Waals surface area contributed by atoms with E-state index in [1.54, 1.807) is 13.0 Å². The van der Waals surface area contributed by atoms with Gasteiger partial charge in [-0.15, -0.1) is 0 Å². The third kappa shape index (κ3) is 4.42. The van der Waals surface area contributed by atoms with Crippen LogP contribution < -0.4 is 0 Å². The van der Waals surface area contributed by atoms with Gasteiger partial charge in [0.25, 0.3) is 0 Å². The number of phenolic OH excluding ortho intramolecular Hbond substituents is 1. The van der Waals surface area contributed by atoms with E-state index in [1.165, 1.54) is 22.6 Å². The summed E-state index contributed by atoms with van der Waals surface area (Å²) in [5, 5.41) is 10.8. The zero-order valence-electron chi connectivity index (χ0n) is 24.0. The van der Waals surface area contributed by atoms with E-state index in [4.69, 9.17) is 0 Å². The molecule has 3 aliphatic carbocycles. The van der Waals surface area contributed by atoms with Crippen LogP contribution in [0.2, 0.25) is 0 Å². The summed E-state index contributed by atoms with van der Waals surface area (Å²) in [6.45, 7) is 3.95. The van der Waals surface area contributed by atoms with Gasteiger partial charge in [-0.2, -0.15) is 0 Å². The van der Waals surface area contributed by atoms with Crippen LogP contribution in [0.5, 0.6) is 5.75 Å². The molecular weight excluding hydrogens is 547 g/mol. The largest absolute Gasteiger partial charge is 0.505 e. The lowest BCUT2D eigenvalue weighted by molar-refractivity contribution is -0.144. The van der Waals surface area contributed by atoms with E-state index in [2.05, 4.69) is 17.0 Å². The van der Waals surface area contributed by atoms with Crippen LogP contribution in [0.1, 0.15) is 49.7 Å². The van der Waals surface area contributed by atoms with Gasteiger partial charge in [0.2, 0.25) is 11.8 Å². The van der Waals surface area contributed by atoms with E-state index in [0.29, 0.717) is 30.4 Å². The zero-order valence-corrected chi connectivity index (χ0v) is 24.0. The molecule has 7 rings (SSSR count). The average molecular weight is 581 g/mol. The van der Waals surface area contributed by atoms with Crippen LogP contribution in [0.25, 0.3) is 0 Å². The highest BCUT2D eigenvalue weighted by Crippen LogP contribution is 2.56. The quantitative estimate of drug-likeness (QED) is 0.322. The van der Waals surface area contributed by atoms with Crippen LogP contribution in [-0.2, 0) is 25.7 Å². The molecule has 0 spiro atoms. The lowest BCUT2D eigenvalue weighted by atomic mass is 9.59. The lowest BCUT2D eigenvalue weighted by Gasteiger charge is -2.42. The minimum Gasteiger partial charge on any atom is -0.505 e. The maximum atomic E-state index is 14.6. The third-order valence-corrected chi connectivity index (χ3v) is 10.1. The fourth-order valence-electron chi connectivity index (χ4n) is 8.04. The molecule has 8 heteroatoms. The number of piperidine rings is 1. The first kappa shape index (κ1) is 27.7. The van der Waals surface area contributed by atoms with Gasteiger partial charge in [-0.3, -0.25) is 29.0 Å². The maximum absolute atomic E-state index is 14.6. The van der Waals surface area contributed by atoms with Crippen molar-refractivity contribution >= 4 is 23.4 Å². The molecule has 2 saturated heterocycles. The number of amides is 2. The van der Waals surface area contributed by atoms with Crippen LogP contribution in [-0.4, -0.2) is 57.4 Å². The second-order valence-corrected chi connectivity index (χ2v) is 12.4. The normalized spacial score (nSPS) is 28.0. The highest BCUT2D eigenvalue weighted by Gasteiger charge is 2.57. The van der Waals surface area contributed by atoms with Crippen molar-refractivity contribution in [2.45, 2.75) is 51.1 Å². The summed E-state index contributed by atoms with van der Waals surface area (Å²) in [4.78, 5) is 58.6. The Balaban J connectivity index is 1.19. The number of ketones is 2. The summed E-state index contributed by atoms with van der Waals surface area (Å²) in [6.07, 6.45) is 5.08. The van der Waals surface area contributed by atoms with Crippen molar-refractivity contribution in [3.63, 3.8) is 0 Å². The van der Waals surface area contributed by atoms with Gasteiger partial charge >= 0.3 is 0 Å². The van der Waals surface area contributed by atoms with Crippen molar-refractivity contribution in [2.75, 3.05) is 13.1 Å². The number of hydrogen-bond donors (Lipinski definition) is 1. The third-order valence-electron chi connectivity index (χ3n) is 10.1. The summed E-state index contributed by atoms with van der Waals surface area (Å²) in [5.74, 6) is -5.01. The van der Waals surface area contributed by atoms with Crippen molar-refractivity contribution in [3.05, 3.63) is 99.9 Å². The number of hydrogen-bond acceptors (Lipinski definition) is 6. The number of carbonyl (C=O) groups is 4. The molecular formula is C35H33FN2O5. The molecule has 2 aromatic rings. The Morgan fingerprint density at radius 2 is 1.67 bits per heavy atom. The molecule has 43 heavy (non-hydrogen) atoms. The first-order valence-corrected chi connectivity index (χ1v) is 15.1. The molecule has 4 atom stereocenters. The molecule has 0 unspecified atom stereocenters. The number of carbonyl (C=O) groups excluding carboxylic acids is 4. The van der Waals surface area contributed by atoms with Crippen LogP contribution in [0, 0.1) is 23.6 Å². The van der Waals surface area contributed by atoms with Crippen LogP contribution >= 0.6 is 0 Å². The maximum Gasteiger partial charge on any atom is 0.233 e. The minimum absolute atomic E-state index is 0.158. The fourth-order valence-corrected chi connectivity index (χ4v) is 8.04. The molecule has 2 fully saturated rings. The highest BCUT2D eigenvalue weighted by molar-refractivity contribution is 6.24. The number of benzene rings is 2. The van der Waals surface area contributed by atoms with Gasteiger partial charge in [0.15, 0.2) is 23.1 Å². The highest BCUT2D eigenvalue weighted by atomic mass is 19.1. The van der Waals surface area contributed by atoms with E-state index in [-0.39, 0.29) is 52.6 Å². The molecule has 2 aliphatic heterocycles. The van der Waals surface area contributed by atoms with E-state index in [0.717, 1.165) is 25.7 Å². The van der Waals surface area contributed by atoms with Gasteiger partial charge in [0.1, 0.15) is 0 Å². The van der Waals surface area contributed by atoms with Gasteiger partial charge in [-0.05, 0) is 56.2 Å². The number of allylic oxidation sites excluding steroid dienone is 6. The number of fused-ring (bicyclic) bond motifs is 3. The summed E-state index contributed by atoms with van der Waals surface area (Å²) in [5.41, 5.74) is 2.94. The van der Waals surface area contributed by atoms with Crippen LogP contribution in [0.4, 0.5) is 4.39 Å². The van der Waals surface area contributed by atoms with Gasteiger partial charge in [-0.25, -0.2) is 4.39 Å². The summed E-state index contributed by atoms with van der Waals surface area (Å²) in [6, 6.07) is 14.2. The monoisotopic (exact) mass is 580 g/mol. The molecule has 5 aliphatic rings. The van der Waals surface area contributed by atoms with E-state index >= 15 is 0 Å². The Kier molecular flexibility index (Phi) is 6.77. The Morgan fingerprint density at radius 3 is 2.42 bits per heavy atom. The number of Topliss-reactive ketones (excluding diaryl/α,β-unsaturated/α-hetero) is 1. The smallest absolute Gasteiger partial charge is 0.233 e. The Labute approximate surface area is 249 Å². The molecule has 0 aromatic heterocycles. The second-order valence-electron chi connectivity index (χ2n) is 12.4. The minimum atomic E-state index is -0.872. The number of nitrogens with zero attached hydrogens (tertiary/aromatic N) is 2. The summed E-state index contributed by atoms with van der Waals surface area (Å²) in [7, 11) is 0. The standard InChI is InChI=1S/C35H33FN2O5/c1-19-16-28(39)26-17-25-22(29(31(26)32(19)40)23-8-5-9-27(36)33(23)41)10-11-24-30(25)35(43)38(34(24)42)21-12-14-37(15-13-21)18-20-6-3-2-4-7-20/h2-10,16,21,24-25,29-30,41H,11-15,17-18H2,1H3/t24-,25+,29+,30-/m0/s1. The molecule has 220 valence electrons. The number of para-hydroxylation sites is 1. The van der Waals surface area contributed by atoms with Gasteiger partial charge in [0.05, 0.1) is 11.8 Å². The van der Waals surface area contributed by atoms with Gasteiger partial charge in [-0.1, -0.05) is 54.1 Å². The van der Waals surface area contributed by atoms with Crippen molar-refractivity contribution in [1.29, 1.82) is 0 Å². The number of likely N-dealkylation sites (tertiary alicyclic amines) is 2. The average Bonchev–Trinajstić information content (AvgIpc) is 3.27. The van der Waals surface area contributed by atoms with E-state index in [1.807, 2.05) is 24.3 Å². The Morgan fingerprint density at radius 1 is 0.930 bits per heavy atom. The molecule has 7 nitrogen and oxygen atoms in total. The SMILES string of the molecule is CC1=CC(=O)C2=C(C1=O)[C@@H](c1cccc(F)c1O)C1=CC[C@@H]3C(=O)N(C4CCN(Cc5ccccc5)CC4)C(=O)[C@@H]3[C@@H]1C2. The first-order chi connectivity index (χ1) is 20.7. The molecule has 2 amide bonds. The lowest BCUT2D eigenvalue weighted by Crippen LogP contribution is -2.47. The first-order valence-electron chi connectivity index (χ1n) is 15.1. The number of phenols is 1. The molecule has 0 bridgehead atoms. The predicted molar refractivity (Wildman–Crippen MR) is 156 cm³/mol. The number of rotatable bonds is 4. The summed E-state index contributed by atoms with van der Waals surface area (Å²) < 4.78 is 14.6. The number of aromatic hydroxyl groups is 1. The van der Waals surface area contributed by atoms with Crippen molar-refractivity contribution in [1.82, 2.24) is 9.80 Å². The Hall–Kier alpha value is -4.17. The van der Waals surface area contributed by atoms with Gasteiger partial charge in [0, 0.05) is 53.9 Å². The van der Waals surface area contributed by atoms with Crippen molar-refractivity contribution in [2.24, 2.45) is 17.8 Å². The van der Waals surface area contributed by atoms with E-state index in [9.17, 15) is 28.7 Å². The Bertz CT molecular complexity index is 1650. The molecule has 2 heterocycles. The molecule has 0 radical (unpaired) electrons. The number of halogens is 1. The van der Waals surface area contributed by atoms with Crippen molar-refractivity contribution < 1.29 is 28.7 Å². The predicted octanol–water partition coefficient (Wildman–Crippen LogP) is 4.63. The zero-order chi connectivity index (χ0) is 30.0. The molecule has 1 N–H and O–H groups in total. The van der Waals surface area contributed by atoms with Crippen molar-refractivity contribution in [3.8, 4) is 5.75 Å².